The normalized spacial score (nSPS) is 34.5. The molecule has 0 radical (unpaired) electrons. The van der Waals surface area contributed by atoms with Gasteiger partial charge in [0.25, 0.3) is 0 Å². The van der Waals surface area contributed by atoms with Crippen LogP contribution in [0.4, 0.5) is 0 Å². The fraction of sp³-hybridized carbons (Fsp3) is 0.941. The first kappa shape index (κ1) is 13.1. The number of carbonyl (C=O) groups is 1. The Hall–Kier alpha value is -0.570. The number of nitrogens with one attached hydrogen (secondary N) is 1. The van der Waals surface area contributed by atoms with Crippen molar-refractivity contribution < 1.29 is 4.79 Å². The molecule has 20 heavy (non-hydrogen) atoms. The largest absolute Gasteiger partial charge is 0.325 e. The molecular formula is C17H28N2O. The van der Waals surface area contributed by atoms with Crippen LogP contribution in [0, 0.1) is 17.3 Å². The first-order valence-corrected chi connectivity index (χ1v) is 8.65. The molecule has 0 bridgehead atoms. The van der Waals surface area contributed by atoms with E-state index in [0.717, 1.165) is 25.3 Å². The van der Waals surface area contributed by atoms with Gasteiger partial charge in [-0.25, -0.2) is 0 Å². The Labute approximate surface area is 122 Å². The summed E-state index contributed by atoms with van der Waals surface area (Å²) in [7, 11) is 0. The Bertz CT molecular complexity index is 417. The van der Waals surface area contributed by atoms with Crippen molar-refractivity contribution in [1.82, 2.24) is 10.2 Å². The second kappa shape index (κ2) is 4.22. The third-order valence-electron chi connectivity index (χ3n) is 6.34. The first-order chi connectivity index (χ1) is 9.56. The van der Waals surface area contributed by atoms with Crippen molar-refractivity contribution in [2.75, 3.05) is 6.54 Å². The van der Waals surface area contributed by atoms with E-state index in [4.69, 9.17) is 0 Å². The van der Waals surface area contributed by atoms with Crippen molar-refractivity contribution in [3.63, 3.8) is 0 Å². The highest BCUT2D eigenvalue weighted by molar-refractivity contribution is 5.89. The number of rotatable bonds is 4. The minimum Gasteiger partial charge on any atom is -0.325 e. The van der Waals surface area contributed by atoms with Crippen LogP contribution in [0.3, 0.4) is 0 Å². The molecule has 3 aliphatic carbocycles. The molecule has 1 saturated heterocycles. The zero-order chi connectivity index (χ0) is 14.0. The summed E-state index contributed by atoms with van der Waals surface area (Å²) in [5, 5.41) is 3.75. The summed E-state index contributed by atoms with van der Waals surface area (Å²) in [4.78, 5) is 15.3. The topological polar surface area (TPSA) is 32.3 Å². The molecule has 0 aromatic heterocycles. The summed E-state index contributed by atoms with van der Waals surface area (Å²) in [5.74, 6) is 1.87. The molecule has 1 aliphatic heterocycles. The molecule has 1 unspecified atom stereocenters. The molecule has 1 N–H and O–H groups in total. The zero-order valence-electron chi connectivity index (χ0n) is 13.0. The molecule has 4 rings (SSSR count). The lowest BCUT2D eigenvalue weighted by Gasteiger charge is -2.31. The van der Waals surface area contributed by atoms with Gasteiger partial charge in [0, 0.05) is 6.54 Å². The lowest BCUT2D eigenvalue weighted by molar-refractivity contribution is -0.134. The molecule has 1 atom stereocenters. The maximum Gasteiger partial charge on any atom is 0.244 e. The molecule has 4 fully saturated rings. The van der Waals surface area contributed by atoms with E-state index in [2.05, 4.69) is 24.1 Å². The molecule has 4 aliphatic rings. The van der Waals surface area contributed by atoms with Gasteiger partial charge < -0.3 is 4.90 Å². The maximum absolute atomic E-state index is 13.1. The van der Waals surface area contributed by atoms with Crippen molar-refractivity contribution in [2.45, 2.75) is 76.9 Å². The summed E-state index contributed by atoms with van der Waals surface area (Å²) in [5.41, 5.74) is 0.336. The third kappa shape index (κ3) is 1.85. The number of carbonyl (C=O) groups excluding carboxylic acids is 1. The summed E-state index contributed by atoms with van der Waals surface area (Å²) >= 11 is 0. The van der Waals surface area contributed by atoms with E-state index in [1.54, 1.807) is 0 Å². The average Bonchev–Trinajstić information content (AvgIpc) is 3.32. The van der Waals surface area contributed by atoms with Gasteiger partial charge in [-0.05, 0) is 55.8 Å². The molecule has 1 amide bonds. The van der Waals surface area contributed by atoms with E-state index in [1.165, 1.54) is 38.5 Å². The van der Waals surface area contributed by atoms with Crippen molar-refractivity contribution in [2.24, 2.45) is 17.3 Å². The van der Waals surface area contributed by atoms with Gasteiger partial charge in [-0.3, -0.25) is 10.1 Å². The zero-order valence-corrected chi connectivity index (χ0v) is 13.0. The predicted molar refractivity (Wildman–Crippen MR) is 79.1 cm³/mol. The van der Waals surface area contributed by atoms with E-state index < -0.39 is 0 Å². The van der Waals surface area contributed by atoms with E-state index >= 15 is 0 Å². The van der Waals surface area contributed by atoms with Crippen LogP contribution in [0.15, 0.2) is 0 Å². The second-order valence-corrected chi connectivity index (χ2v) is 8.19. The summed E-state index contributed by atoms with van der Waals surface area (Å²) in [6.45, 7) is 5.54. The van der Waals surface area contributed by atoms with Crippen LogP contribution < -0.4 is 5.32 Å². The molecular weight excluding hydrogens is 248 g/mol. The van der Waals surface area contributed by atoms with Crippen LogP contribution in [-0.4, -0.2) is 29.1 Å². The molecule has 3 nitrogen and oxygen atoms in total. The molecule has 1 heterocycles. The predicted octanol–water partition coefficient (Wildman–Crippen LogP) is 2.90. The standard InChI is InChI=1S/C17H28N2O/c1-12(2)14-18-17(7-3-4-8-17)15(20)19(14)11-16(9-10-16)13-5-6-13/h12-14,18H,3-11H2,1-2H3. The van der Waals surface area contributed by atoms with Crippen LogP contribution >= 0.6 is 0 Å². The van der Waals surface area contributed by atoms with E-state index in [1.807, 2.05) is 0 Å². The van der Waals surface area contributed by atoms with Crippen LogP contribution in [0.5, 0.6) is 0 Å². The lowest BCUT2D eigenvalue weighted by atomic mass is 9.96. The molecule has 112 valence electrons. The summed E-state index contributed by atoms with van der Waals surface area (Å²) in [6.07, 6.45) is 10.4. The smallest absolute Gasteiger partial charge is 0.244 e. The molecule has 3 heteroatoms. The van der Waals surface area contributed by atoms with E-state index in [-0.39, 0.29) is 11.7 Å². The highest BCUT2D eigenvalue weighted by atomic mass is 16.2. The Kier molecular flexibility index (Phi) is 2.77. The minimum atomic E-state index is -0.186. The van der Waals surface area contributed by atoms with Crippen LogP contribution in [0.2, 0.25) is 0 Å². The van der Waals surface area contributed by atoms with Gasteiger partial charge in [0.1, 0.15) is 0 Å². The number of nitrogens with zero attached hydrogens (tertiary/aromatic N) is 1. The Morgan fingerprint density at radius 2 is 1.85 bits per heavy atom. The van der Waals surface area contributed by atoms with Gasteiger partial charge in [-0.1, -0.05) is 26.7 Å². The average molecular weight is 276 g/mol. The maximum atomic E-state index is 13.1. The van der Waals surface area contributed by atoms with Crippen molar-refractivity contribution in [3.8, 4) is 0 Å². The van der Waals surface area contributed by atoms with Gasteiger partial charge >= 0.3 is 0 Å². The molecule has 0 aromatic carbocycles. The third-order valence-corrected chi connectivity index (χ3v) is 6.34. The van der Waals surface area contributed by atoms with Crippen LogP contribution in [0.25, 0.3) is 0 Å². The fourth-order valence-electron chi connectivity index (χ4n) is 4.75. The highest BCUT2D eigenvalue weighted by Crippen LogP contribution is 2.62. The SMILES string of the molecule is CC(C)C1NC2(CCCC2)C(=O)N1CC1(C2CC2)CC1. The Morgan fingerprint density at radius 3 is 2.35 bits per heavy atom. The molecule has 0 aromatic rings. The summed E-state index contributed by atoms with van der Waals surface area (Å²) in [6, 6.07) is 0. The van der Waals surface area contributed by atoms with Gasteiger partial charge in [0.2, 0.25) is 5.91 Å². The molecule has 1 spiro atoms. The van der Waals surface area contributed by atoms with Gasteiger partial charge in [0.15, 0.2) is 0 Å². The van der Waals surface area contributed by atoms with Gasteiger partial charge in [-0.15, -0.1) is 0 Å². The quantitative estimate of drug-likeness (QED) is 0.856. The fourth-order valence-corrected chi connectivity index (χ4v) is 4.75. The summed E-state index contributed by atoms with van der Waals surface area (Å²) < 4.78 is 0. The van der Waals surface area contributed by atoms with Gasteiger partial charge in [0.05, 0.1) is 11.7 Å². The van der Waals surface area contributed by atoms with Crippen molar-refractivity contribution >= 4 is 5.91 Å². The minimum absolute atomic E-state index is 0.186. The Balaban J connectivity index is 1.57. The van der Waals surface area contributed by atoms with E-state index in [0.29, 0.717) is 17.2 Å². The number of hydrogen-bond acceptors (Lipinski definition) is 2. The van der Waals surface area contributed by atoms with E-state index in [9.17, 15) is 4.79 Å². The lowest BCUT2D eigenvalue weighted by Crippen LogP contribution is -2.46. The molecule has 3 saturated carbocycles. The number of amides is 1. The van der Waals surface area contributed by atoms with Gasteiger partial charge in [-0.2, -0.15) is 0 Å². The van der Waals surface area contributed by atoms with Crippen LogP contribution in [0.1, 0.15) is 65.2 Å². The van der Waals surface area contributed by atoms with Crippen molar-refractivity contribution in [3.05, 3.63) is 0 Å². The first-order valence-electron chi connectivity index (χ1n) is 8.65. The number of hydrogen-bond donors (Lipinski definition) is 1. The van der Waals surface area contributed by atoms with Crippen LogP contribution in [-0.2, 0) is 4.79 Å². The highest BCUT2D eigenvalue weighted by Gasteiger charge is 2.59. The van der Waals surface area contributed by atoms with Crippen molar-refractivity contribution in [1.29, 1.82) is 0 Å². The second-order valence-electron chi connectivity index (χ2n) is 8.19. The Morgan fingerprint density at radius 1 is 1.20 bits per heavy atom. The monoisotopic (exact) mass is 276 g/mol.